The van der Waals surface area contributed by atoms with E-state index in [2.05, 4.69) is 11.3 Å². The van der Waals surface area contributed by atoms with E-state index in [1.807, 2.05) is 0 Å². The second-order valence-corrected chi connectivity index (χ2v) is 3.55. The molecular formula is C12H13F3N2. The molecule has 0 saturated carbocycles. The van der Waals surface area contributed by atoms with Crippen molar-refractivity contribution in [1.82, 2.24) is 5.43 Å². The van der Waals surface area contributed by atoms with E-state index in [4.69, 9.17) is 12.3 Å². The quantitative estimate of drug-likeness (QED) is 0.484. The van der Waals surface area contributed by atoms with Gasteiger partial charge in [-0.2, -0.15) is 13.2 Å². The summed E-state index contributed by atoms with van der Waals surface area (Å²) in [6, 6.07) is 4.74. The monoisotopic (exact) mass is 242 g/mol. The second kappa shape index (κ2) is 5.71. The lowest BCUT2D eigenvalue weighted by atomic mass is 9.97. The van der Waals surface area contributed by atoms with Gasteiger partial charge in [-0.05, 0) is 18.1 Å². The van der Waals surface area contributed by atoms with E-state index < -0.39 is 17.8 Å². The number of rotatable bonds is 4. The average molecular weight is 242 g/mol. The SMILES string of the molecule is C#CCCC(NN)c1ccccc1C(F)(F)F. The minimum absolute atomic E-state index is 0.123. The Morgan fingerprint density at radius 1 is 1.35 bits per heavy atom. The summed E-state index contributed by atoms with van der Waals surface area (Å²) in [5.74, 6) is 7.66. The molecule has 0 bridgehead atoms. The fourth-order valence-electron chi connectivity index (χ4n) is 1.62. The van der Waals surface area contributed by atoms with Crippen LogP contribution >= 0.6 is 0 Å². The molecule has 0 radical (unpaired) electrons. The molecule has 1 aromatic rings. The molecule has 0 heterocycles. The molecule has 0 aliphatic heterocycles. The minimum Gasteiger partial charge on any atom is -0.271 e. The summed E-state index contributed by atoms with van der Waals surface area (Å²) in [6.45, 7) is 0. The van der Waals surface area contributed by atoms with Crippen LogP contribution in [-0.4, -0.2) is 0 Å². The Balaban J connectivity index is 3.07. The maximum atomic E-state index is 12.8. The number of nitrogens with one attached hydrogen (secondary N) is 1. The maximum absolute atomic E-state index is 12.8. The van der Waals surface area contributed by atoms with Gasteiger partial charge in [0.1, 0.15) is 0 Å². The van der Waals surface area contributed by atoms with E-state index in [1.54, 1.807) is 6.07 Å². The van der Waals surface area contributed by atoms with E-state index in [-0.39, 0.29) is 5.56 Å². The van der Waals surface area contributed by atoms with Crippen LogP contribution in [0.25, 0.3) is 0 Å². The van der Waals surface area contributed by atoms with Gasteiger partial charge >= 0.3 is 6.18 Å². The molecule has 5 heteroatoms. The van der Waals surface area contributed by atoms with Crippen molar-refractivity contribution in [2.24, 2.45) is 5.84 Å². The van der Waals surface area contributed by atoms with Gasteiger partial charge in [0.2, 0.25) is 0 Å². The molecule has 1 atom stereocenters. The number of hydrogen-bond donors (Lipinski definition) is 2. The van der Waals surface area contributed by atoms with Gasteiger partial charge in [0.05, 0.1) is 5.56 Å². The van der Waals surface area contributed by atoms with E-state index in [1.165, 1.54) is 12.1 Å². The molecule has 2 nitrogen and oxygen atoms in total. The lowest BCUT2D eigenvalue weighted by Gasteiger charge is -2.20. The Bertz CT molecular complexity index is 407. The summed E-state index contributed by atoms with van der Waals surface area (Å²) >= 11 is 0. The van der Waals surface area contributed by atoms with E-state index in [9.17, 15) is 13.2 Å². The third kappa shape index (κ3) is 3.48. The molecule has 3 N–H and O–H groups in total. The Morgan fingerprint density at radius 3 is 2.53 bits per heavy atom. The van der Waals surface area contributed by atoms with Crippen LogP contribution in [0.4, 0.5) is 13.2 Å². The first-order valence-electron chi connectivity index (χ1n) is 5.06. The van der Waals surface area contributed by atoms with Crippen molar-refractivity contribution in [3.8, 4) is 12.3 Å². The normalized spacial score (nSPS) is 13.1. The molecule has 92 valence electrons. The van der Waals surface area contributed by atoms with Crippen LogP contribution < -0.4 is 11.3 Å². The van der Waals surface area contributed by atoms with Crippen molar-refractivity contribution in [3.05, 3.63) is 35.4 Å². The zero-order chi connectivity index (χ0) is 12.9. The van der Waals surface area contributed by atoms with Crippen molar-refractivity contribution in [2.45, 2.75) is 25.1 Å². The Kier molecular flexibility index (Phi) is 4.55. The van der Waals surface area contributed by atoms with Gasteiger partial charge in [-0.25, -0.2) is 0 Å². The van der Waals surface area contributed by atoms with Crippen molar-refractivity contribution >= 4 is 0 Å². The largest absolute Gasteiger partial charge is 0.416 e. The second-order valence-electron chi connectivity index (χ2n) is 3.55. The fraction of sp³-hybridized carbons (Fsp3) is 0.333. The van der Waals surface area contributed by atoms with Gasteiger partial charge in [-0.15, -0.1) is 12.3 Å². The fourth-order valence-corrected chi connectivity index (χ4v) is 1.62. The standard InChI is InChI=1S/C12H13F3N2/c1-2-3-8-11(17-16)9-6-4-5-7-10(9)12(13,14)15/h1,4-7,11,17H,3,8,16H2. The van der Waals surface area contributed by atoms with Crippen molar-refractivity contribution < 1.29 is 13.2 Å². The van der Waals surface area contributed by atoms with Crippen molar-refractivity contribution in [1.29, 1.82) is 0 Å². The molecule has 0 fully saturated rings. The smallest absolute Gasteiger partial charge is 0.271 e. The zero-order valence-corrected chi connectivity index (χ0v) is 9.09. The number of benzene rings is 1. The van der Waals surface area contributed by atoms with Gasteiger partial charge in [0.15, 0.2) is 0 Å². The molecular weight excluding hydrogens is 229 g/mol. The number of hydrazine groups is 1. The molecule has 1 unspecified atom stereocenters. The Hall–Kier alpha value is -1.51. The summed E-state index contributed by atoms with van der Waals surface area (Å²) in [5.41, 5.74) is 1.81. The lowest BCUT2D eigenvalue weighted by Crippen LogP contribution is -2.29. The van der Waals surface area contributed by atoms with Crippen LogP contribution in [0.15, 0.2) is 24.3 Å². The number of terminal acetylenes is 1. The van der Waals surface area contributed by atoms with Crippen molar-refractivity contribution in [3.63, 3.8) is 0 Å². The van der Waals surface area contributed by atoms with Crippen LogP contribution in [0.1, 0.15) is 30.0 Å². The first kappa shape index (κ1) is 13.6. The first-order chi connectivity index (χ1) is 8.00. The average Bonchev–Trinajstić information content (AvgIpc) is 2.29. The van der Waals surface area contributed by atoms with Crippen LogP contribution in [0, 0.1) is 12.3 Å². The van der Waals surface area contributed by atoms with Crippen LogP contribution in [0.3, 0.4) is 0 Å². The van der Waals surface area contributed by atoms with Gasteiger partial charge in [-0.1, -0.05) is 18.2 Å². The highest BCUT2D eigenvalue weighted by Crippen LogP contribution is 2.35. The third-order valence-electron chi connectivity index (χ3n) is 2.42. The summed E-state index contributed by atoms with van der Waals surface area (Å²) in [7, 11) is 0. The molecule has 1 rings (SSSR count). The Labute approximate surface area is 98.0 Å². The number of halogens is 3. The third-order valence-corrected chi connectivity index (χ3v) is 2.42. The molecule has 0 aromatic heterocycles. The molecule has 1 aromatic carbocycles. The number of alkyl halides is 3. The minimum atomic E-state index is -4.39. The maximum Gasteiger partial charge on any atom is 0.416 e. The topological polar surface area (TPSA) is 38.0 Å². The van der Waals surface area contributed by atoms with Gasteiger partial charge in [0.25, 0.3) is 0 Å². The highest BCUT2D eigenvalue weighted by Gasteiger charge is 2.34. The highest BCUT2D eigenvalue weighted by molar-refractivity contribution is 5.32. The lowest BCUT2D eigenvalue weighted by molar-refractivity contribution is -0.138. The van der Waals surface area contributed by atoms with Crippen LogP contribution in [-0.2, 0) is 6.18 Å². The predicted molar refractivity (Wildman–Crippen MR) is 59.6 cm³/mol. The summed E-state index contributed by atoms with van der Waals surface area (Å²) in [4.78, 5) is 0. The number of nitrogens with two attached hydrogens (primary N) is 1. The molecule has 0 spiro atoms. The predicted octanol–water partition coefficient (Wildman–Crippen LogP) is 2.62. The van der Waals surface area contributed by atoms with E-state index >= 15 is 0 Å². The highest BCUT2D eigenvalue weighted by atomic mass is 19.4. The van der Waals surface area contributed by atoms with E-state index in [0.29, 0.717) is 12.8 Å². The molecule has 17 heavy (non-hydrogen) atoms. The molecule has 0 aliphatic rings. The number of hydrogen-bond acceptors (Lipinski definition) is 2. The van der Waals surface area contributed by atoms with E-state index in [0.717, 1.165) is 6.07 Å². The summed E-state index contributed by atoms with van der Waals surface area (Å²) in [6.07, 6.45) is 1.43. The summed E-state index contributed by atoms with van der Waals surface area (Å²) in [5, 5.41) is 0. The zero-order valence-electron chi connectivity index (χ0n) is 9.09. The molecule has 0 amide bonds. The first-order valence-corrected chi connectivity index (χ1v) is 5.06. The summed E-state index contributed by atoms with van der Waals surface area (Å²) < 4.78 is 38.3. The molecule has 0 aliphatic carbocycles. The van der Waals surface area contributed by atoms with Gasteiger partial charge in [-0.3, -0.25) is 11.3 Å². The molecule has 0 saturated heterocycles. The van der Waals surface area contributed by atoms with Gasteiger partial charge in [0, 0.05) is 12.5 Å². The van der Waals surface area contributed by atoms with Crippen LogP contribution in [0.2, 0.25) is 0 Å². The van der Waals surface area contributed by atoms with Crippen molar-refractivity contribution in [2.75, 3.05) is 0 Å². The van der Waals surface area contributed by atoms with Gasteiger partial charge < -0.3 is 0 Å². The Morgan fingerprint density at radius 2 is 2.00 bits per heavy atom. The van der Waals surface area contributed by atoms with Crippen LogP contribution in [0.5, 0.6) is 0 Å².